The standard InChI is InChI=1S/C12H12F3NO2/c13-12(14,15)6-3-7-16-9-5-2-1-4-8(9)10(17)11(16)18/h1-2,4,9H,3,5-7H2. The molecule has 6 heteroatoms. The van der Waals surface area contributed by atoms with Gasteiger partial charge in [0.25, 0.3) is 5.91 Å². The monoisotopic (exact) mass is 259 g/mol. The van der Waals surface area contributed by atoms with Crippen LogP contribution in [0.15, 0.2) is 23.8 Å². The molecular formula is C12H12F3NO2. The number of Topliss-reactive ketones (excluding diaryl/α,β-unsaturated/α-hetero) is 1. The summed E-state index contributed by atoms with van der Waals surface area (Å²) in [5.74, 6) is -1.27. The fraction of sp³-hybridized carbons (Fsp3) is 0.500. The number of allylic oxidation sites excluding steroid dienone is 2. The Hall–Kier alpha value is -1.59. The van der Waals surface area contributed by atoms with E-state index in [0.717, 1.165) is 0 Å². The molecule has 0 saturated carbocycles. The number of carbonyl (C=O) groups is 2. The van der Waals surface area contributed by atoms with Crippen molar-refractivity contribution in [2.24, 2.45) is 0 Å². The lowest BCUT2D eigenvalue weighted by Crippen LogP contribution is -2.35. The van der Waals surface area contributed by atoms with Gasteiger partial charge in [-0.25, -0.2) is 0 Å². The molecule has 0 radical (unpaired) electrons. The second-order valence-corrected chi connectivity index (χ2v) is 4.35. The van der Waals surface area contributed by atoms with Crippen LogP contribution >= 0.6 is 0 Å². The zero-order valence-corrected chi connectivity index (χ0v) is 9.54. The third kappa shape index (κ3) is 2.47. The van der Waals surface area contributed by atoms with Crippen molar-refractivity contribution >= 4 is 11.7 Å². The molecule has 2 aliphatic rings. The van der Waals surface area contributed by atoms with Crippen molar-refractivity contribution in [2.75, 3.05) is 6.54 Å². The molecule has 0 bridgehead atoms. The van der Waals surface area contributed by atoms with E-state index in [4.69, 9.17) is 0 Å². The van der Waals surface area contributed by atoms with Gasteiger partial charge in [0.15, 0.2) is 0 Å². The molecular weight excluding hydrogens is 247 g/mol. The number of carbonyl (C=O) groups excluding carboxylic acids is 2. The molecule has 0 aromatic rings. The summed E-state index contributed by atoms with van der Waals surface area (Å²) in [6.45, 7) is -0.0278. The van der Waals surface area contributed by atoms with Crippen molar-refractivity contribution in [2.45, 2.75) is 31.5 Å². The minimum Gasteiger partial charge on any atom is -0.328 e. The number of alkyl halides is 3. The van der Waals surface area contributed by atoms with Crippen LogP contribution in [0, 0.1) is 0 Å². The number of amides is 1. The summed E-state index contributed by atoms with van der Waals surface area (Å²) in [6.07, 6.45) is 0.223. The molecule has 2 rings (SSSR count). The van der Waals surface area contributed by atoms with Gasteiger partial charge in [0.05, 0.1) is 6.04 Å². The fourth-order valence-electron chi connectivity index (χ4n) is 2.24. The van der Waals surface area contributed by atoms with Crippen LogP contribution in [0.4, 0.5) is 13.2 Å². The largest absolute Gasteiger partial charge is 0.389 e. The third-order valence-corrected chi connectivity index (χ3v) is 3.08. The first-order chi connectivity index (χ1) is 8.40. The smallest absolute Gasteiger partial charge is 0.328 e. The van der Waals surface area contributed by atoms with E-state index in [1.807, 2.05) is 0 Å². The van der Waals surface area contributed by atoms with Crippen LogP contribution in [0.1, 0.15) is 19.3 Å². The molecule has 1 amide bonds. The van der Waals surface area contributed by atoms with E-state index in [9.17, 15) is 22.8 Å². The van der Waals surface area contributed by atoms with E-state index in [0.29, 0.717) is 12.0 Å². The number of likely N-dealkylation sites (tertiary alicyclic amines) is 1. The molecule has 1 aliphatic heterocycles. The number of fused-ring (bicyclic) bond motifs is 1. The molecule has 0 aromatic heterocycles. The van der Waals surface area contributed by atoms with Gasteiger partial charge in [-0.2, -0.15) is 13.2 Å². The van der Waals surface area contributed by atoms with E-state index in [-0.39, 0.29) is 19.0 Å². The van der Waals surface area contributed by atoms with Crippen molar-refractivity contribution in [1.82, 2.24) is 4.90 Å². The molecule has 1 unspecified atom stereocenters. The molecule has 1 saturated heterocycles. The molecule has 0 spiro atoms. The summed E-state index contributed by atoms with van der Waals surface area (Å²) in [5, 5.41) is 0. The lowest BCUT2D eigenvalue weighted by atomic mass is 9.99. The van der Waals surface area contributed by atoms with Gasteiger partial charge in [-0.05, 0) is 12.8 Å². The summed E-state index contributed by atoms with van der Waals surface area (Å²) < 4.78 is 36.1. The van der Waals surface area contributed by atoms with E-state index < -0.39 is 24.3 Å². The van der Waals surface area contributed by atoms with E-state index >= 15 is 0 Å². The van der Waals surface area contributed by atoms with E-state index in [1.165, 1.54) is 4.90 Å². The number of rotatable bonds is 3. The number of hydrogen-bond donors (Lipinski definition) is 0. The Balaban J connectivity index is 2.01. The highest BCUT2D eigenvalue weighted by Gasteiger charge is 2.42. The number of ketones is 1. The molecule has 98 valence electrons. The topological polar surface area (TPSA) is 37.4 Å². The second kappa shape index (κ2) is 4.59. The molecule has 18 heavy (non-hydrogen) atoms. The summed E-state index contributed by atoms with van der Waals surface area (Å²) >= 11 is 0. The fourth-order valence-corrected chi connectivity index (χ4v) is 2.24. The SMILES string of the molecule is O=C1C(=O)N(CCCC(F)(F)F)C2CC=CC=C12. The van der Waals surface area contributed by atoms with E-state index in [2.05, 4.69) is 0 Å². The Morgan fingerprint density at radius 3 is 2.72 bits per heavy atom. The van der Waals surface area contributed by atoms with Gasteiger partial charge < -0.3 is 4.90 Å². The zero-order valence-electron chi connectivity index (χ0n) is 9.54. The Labute approximate surface area is 102 Å². The van der Waals surface area contributed by atoms with Gasteiger partial charge in [0.2, 0.25) is 5.78 Å². The Bertz CT molecular complexity index is 437. The van der Waals surface area contributed by atoms with Crippen LogP contribution in [0.3, 0.4) is 0 Å². The van der Waals surface area contributed by atoms with Gasteiger partial charge >= 0.3 is 6.18 Å². The molecule has 0 aromatic carbocycles. The van der Waals surface area contributed by atoms with Gasteiger partial charge in [-0.15, -0.1) is 0 Å². The summed E-state index contributed by atoms with van der Waals surface area (Å²) in [4.78, 5) is 24.5. The van der Waals surface area contributed by atoms with Crippen molar-refractivity contribution in [3.05, 3.63) is 23.8 Å². The molecule has 1 heterocycles. The minimum absolute atomic E-state index is 0.0278. The molecule has 1 aliphatic carbocycles. The van der Waals surface area contributed by atoms with Gasteiger partial charge in [-0.1, -0.05) is 18.2 Å². The Morgan fingerprint density at radius 1 is 1.33 bits per heavy atom. The first-order valence-electron chi connectivity index (χ1n) is 5.69. The summed E-state index contributed by atoms with van der Waals surface area (Å²) in [6, 6.07) is -0.372. The van der Waals surface area contributed by atoms with Crippen molar-refractivity contribution in [1.29, 1.82) is 0 Å². The minimum atomic E-state index is -4.22. The van der Waals surface area contributed by atoms with Crippen molar-refractivity contribution in [3.63, 3.8) is 0 Å². The number of hydrogen-bond acceptors (Lipinski definition) is 2. The summed E-state index contributed by atoms with van der Waals surface area (Å²) in [7, 11) is 0. The van der Waals surface area contributed by atoms with Crippen LogP contribution in [0.5, 0.6) is 0 Å². The van der Waals surface area contributed by atoms with Gasteiger partial charge in [-0.3, -0.25) is 9.59 Å². The molecule has 1 fully saturated rings. The van der Waals surface area contributed by atoms with Crippen molar-refractivity contribution in [3.8, 4) is 0 Å². The van der Waals surface area contributed by atoms with Crippen LogP contribution < -0.4 is 0 Å². The third-order valence-electron chi connectivity index (χ3n) is 3.08. The average molecular weight is 259 g/mol. The van der Waals surface area contributed by atoms with Crippen molar-refractivity contribution < 1.29 is 22.8 Å². The normalized spacial score (nSPS) is 23.4. The first-order valence-corrected chi connectivity index (χ1v) is 5.69. The van der Waals surface area contributed by atoms with Crippen LogP contribution in [-0.4, -0.2) is 35.4 Å². The van der Waals surface area contributed by atoms with E-state index in [1.54, 1.807) is 18.2 Å². The maximum Gasteiger partial charge on any atom is 0.389 e. The van der Waals surface area contributed by atoms with Gasteiger partial charge in [0, 0.05) is 18.5 Å². The first kappa shape index (κ1) is 12.9. The van der Waals surface area contributed by atoms with Crippen LogP contribution in [0.2, 0.25) is 0 Å². The highest BCUT2D eigenvalue weighted by Crippen LogP contribution is 2.29. The van der Waals surface area contributed by atoms with Gasteiger partial charge in [0.1, 0.15) is 0 Å². The Kier molecular flexibility index (Phi) is 3.28. The number of halogens is 3. The number of nitrogens with zero attached hydrogens (tertiary/aromatic N) is 1. The highest BCUT2D eigenvalue weighted by molar-refractivity contribution is 6.45. The Morgan fingerprint density at radius 2 is 2.06 bits per heavy atom. The second-order valence-electron chi connectivity index (χ2n) is 4.35. The maximum atomic E-state index is 12.0. The highest BCUT2D eigenvalue weighted by atomic mass is 19.4. The zero-order chi connectivity index (χ0) is 13.3. The van der Waals surface area contributed by atoms with Crippen LogP contribution in [0.25, 0.3) is 0 Å². The predicted molar refractivity (Wildman–Crippen MR) is 57.6 cm³/mol. The summed E-state index contributed by atoms with van der Waals surface area (Å²) in [5.41, 5.74) is 0.398. The molecule has 3 nitrogen and oxygen atoms in total. The average Bonchev–Trinajstić information content (AvgIpc) is 2.53. The lowest BCUT2D eigenvalue weighted by molar-refractivity contribution is -0.143. The maximum absolute atomic E-state index is 12.0. The van der Waals surface area contributed by atoms with Crippen LogP contribution in [-0.2, 0) is 9.59 Å². The molecule has 0 N–H and O–H groups in total. The lowest BCUT2D eigenvalue weighted by Gasteiger charge is -2.24. The predicted octanol–water partition coefficient (Wildman–Crippen LogP) is 2.00. The molecule has 1 atom stereocenters. The quantitative estimate of drug-likeness (QED) is 0.727.